The third kappa shape index (κ3) is 5.04. The molecule has 30 heavy (non-hydrogen) atoms. The molecular weight excluding hydrogens is 393 g/mol. The van der Waals surface area contributed by atoms with Gasteiger partial charge in [-0.05, 0) is 48.9 Å². The van der Waals surface area contributed by atoms with Crippen LogP contribution in [0.3, 0.4) is 0 Å². The maximum Gasteiger partial charge on any atom is 0.353 e. The van der Waals surface area contributed by atoms with Gasteiger partial charge in [0.2, 0.25) is 11.6 Å². The minimum atomic E-state index is -0.595. The van der Waals surface area contributed by atoms with E-state index in [1.807, 2.05) is 0 Å². The monoisotopic (exact) mass is 411 g/mol. The molecule has 0 fully saturated rings. The van der Waals surface area contributed by atoms with E-state index in [2.05, 4.69) is 20.6 Å². The number of anilines is 3. The fourth-order valence-electron chi connectivity index (χ4n) is 2.60. The summed E-state index contributed by atoms with van der Waals surface area (Å²) >= 11 is 0. The SMILES string of the molecule is CCOC(=O)c1ccc(Nc2ncnc(NCc3ccc(F)cc3)c2[N+](=O)[O-])cc1. The molecule has 0 atom stereocenters. The quantitative estimate of drug-likeness (QED) is 0.324. The number of carbonyl (C=O) groups is 1. The fourth-order valence-corrected chi connectivity index (χ4v) is 2.60. The smallest absolute Gasteiger partial charge is 0.353 e. The highest BCUT2D eigenvalue weighted by Gasteiger charge is 2.23. The highest BCUT2D eigenvalue weighted by atomic mass is 19.1. The van der Waals surface area contributed by atoms with Gasteiger partial charge in [0.25, 0.3) is 0 Å². The molecule has 3 rings (SSSR count). The van der Waals surface area contributed by atoms with Gasteiger partial charge in [-0.15, -0.1) is 0 Å². The minimum absolute atomic E-state index is 0.0134. The van der Waals surface area contributed by atoms with E-state index in [9.17, 15) is 19.3 Å². The summed E-state index contributed by atoms with van der Waals surface area (Å²) in [4.78, 5) is 30.7. The predicted octanol–water partition coefficient (Wildman–Crippen LogP) is 4.06. The average molecular weight is 411 g/mol. The number of hydrogen-bond acceptors (Lipinski definition) is 8. The van der Waals surface area contributed by atoms with E-state index in [0.29, 0.717) is 11.3 Å². The Kier molecular flexibility index (Phi) is 6.48. The summed E-state index contributed by atoms with van der Waals surface area (Å²) in [5.74, 6) is -0.818. The molecule has 0 saturated heterocycles. The van der Waals surface area contributed by atoms with Gasteiger partial charge in [-0.3, -0.25) is 10.1 Å². The maximum atomic E-state index is 13.0. The van der Waals surface area contributed by atoms with Crippen LogP contribution in [0.2, 0.25) is 0 Å². The lowest BCUT2D eigenvalue weighted by molar-refractivity contribution is -0.383. The van der Waals surface area contributed by atoms with Gasteiger partial charge in [-0.2, -0.15) is 0 Å². The Balaban J connectivity index is 1.79. The van der Waals surface area contributed by atoms with Crippen LogP contribution in [0.25, 0.3) is 0 Å². The number of rotatable bonds is 8. The molecule has 154 valence electrons. The summed E-state index contributed by atoms with van der Waals surface area (Å²) in [5, 5.41) is 17.4. The van der Waals surface area contributed by atoms with E-state index in [0.717, 1.165) is 5.56 Å². The molecule has 0 radical (unpaired) electrons. The minimum Gasteiger partial charge on any atom is -0.462 e. The van der Waals surface area contributed by atoms with Crippen LogP contribution in [-0.2, 0) is 11.3 Å². The summed E-state index contributed by atoms with van der Waals surface area (Å²) in [6.45, 7) is 2.19. The highest BCUT2D eigenvalue weighted by Crippen LogP contribution is 2.31. The number of nitrogens with one attached hydrogen (secondary N) is 2. The maximum absolute atomic E-state index is 13.0. The normalized spacial score (nSPS) is 10.3. The first-order chi connectivity index (χ1) is 14.5. The van der Waals surface area contributed by atoms with E-state index in [1.54, 1.807) is 43.3 Å². The Labute approximate surface area is 171 Å². The number of nitrogens with zero attached hydrogens (tertiary/aromatic N) is 3. The lowest BCUT2D eigenvalue weighted by atomic mass is 10.2. The molecule has 2 N–H and O–H groups in total. The third-order valence-electron chi connectivity index (χ3n) is 4.04. The van der Waals surface area contributed by atoms with Crippen LogP contribution >= 0.6 is 0 Å². The molecule has 2 aromatic carbocycles. The highest BCUT2D eigenvalue weighted by molar-refractivity contribution is 5.90. The van der Waals surface area contributed by atoms with E-state index in [1.165, 1.54) is 18.5 Å². The van der Waals surface area contributed by atoms with Crippen molar-refractivity contribution in [3.63, 3.8) is 0 Å². The number of benzene rings is 2. The van der Waals surface area contributed by atoms with Gasteiger partial charge in [0.05, 0.1) is 17.1 Å². The Bertz CT molecular complexity index is 1040. The molecule has 0 spiro atoms. The molecule has 0 bridgehead atoms. The summed E-state index contributed by atoms with van der Waals surface area (Å²) in [7, 11) is 0. The summed E-state index contributed by atoms with van der Waals surface area (Å²) in [6, 6.07) is 12.0. The fraction of sp³-hybridized carbons (Fsp3) is 0.150. The van der Waals surface area contributed by atoms with Gasteiger partial charge < -0.3 is 15.4 Å². The zero-order valence-electron chi connectivity index (χ0n) is 16.0. The number of nitro groups is 1. The van der Waals surface area contributed by atoms with E-state index < -0.39 is 10.9 Å². The molecule has 0 aliphatic heterocycles. The molecule has 0 aliphatic rings. The second kappa shape index (κ2) is 9.41. The van der Waals surface area contributed by atoms with Gasteiger partial charge >= 0.3 is 11.7 Å². The van der Waals surface area contributed by atoms with Gasteiger partial charge in [-0.1, -0.05) is 12.1 Å². The van der Waals surface area contributed by atoms with Crippen molar-refractivity contribution in [3.05, 3.63) is 81.9 Å². The van der Waals surface area contributed by atoms with Gasteiger partial charge in [0.15, 0.2) is 0 Å². The second-order valence-corrected chi connectivity index (χ2v) is 6.08. The van der Waals surface area contributed by atoms with Crippen LogP contribution in [0.1, 0.15) is 22.8 Å². The van der Waals surface area contributed by atoms with Crippen molar-refractivity contribution in [1.29, 1.82) is 0 Å². The number of halogens is 1. The molecule has 3 aromatic rings. The number of carbonyl (C=O) groups excluding carboxylic acids is 1. The van der Waals surface area contributed by atoms with Crippen molar-refractivity contribution in [2.45, 2.75) is 13.5 Å². The Morgan fingerprint density at radius 2 is 1.77 bits per heavy atom. The Morgan fingerprint density at radius 1 is 1.10 bits per heavy atom. The number of esters is 1. The summed E-state index contributed by atoms with van der Waals surface area (Å²) < 4.78 is 17.9. The van der Waals surface area contributed by atoms with Crippen molar-refractivity contribution >= 4 is 29.0 Å². The first-order valence-electron chi connectivity index (χ1n) is 9.00. The lowest BCUT2D eigenvalue weighted by Gasteiger charge is -2.10. The van der Waals surface area contributed by atoms with E-state index in [4.69, 9.17) is 4.74 Å². The van der Waals surface area contributed by atoms with Crippen molar-refractivity contribution in [1.82, 2.24) is 9.97 Å². The zero-order valence-corrected chi connectivity index (χ0v) is 16.0. The van der Waals surface area contributed by atoms with Crippen LogP contribution in [-0.4, -0.2) is 27.5 Å². The molecule has 10 heteroatoms. The third-order valence-corrected chi connectivity index (χ3v) is 4.04. The molecule has 0 saturated carbocycles. The standard InChI is InChI=1S/C20H18FN5O4/c1-2-30-20(27)14-5-9-16(10-6-14)25-19-17(26(28)29)18(23-12-24-19)22-11-13-3-7-15(21)8-4-13/h3-10,12H,2,11H2,1H3,(H2,22,23,24,25). The van der Waals surface area contributed by atoms with Crippen molar-refractivity contribution in [3.8, 4) is 0 Å². The Morgan fingerprint density at radius 3 is 2.40 bits per heavy atom. The Hall–Kier alpha value is -4.08. The predicted molar refractivity (Wildman–Crippen MR) is 108 cm³/mol. The van der Waals surface area contributed by atoms with Gasteiger partial charge in [-0.25, -0.2) is 19.2 Å². The van der Waals surface area contributed by atoms with Crippen molar-refractivity contribution in [2.75, 3.05) is 17.2 Å². The molecule has 1 heterocycles. The molecule has 9 nitrogen and oxygen atoms in total. The summed E-state index contributed by atoms with van der Waals surface area (Å²) in [5.41, 5.74) is 1.25. The summed E-state index contributed by atoms with van der Waals surface area (Å²) in [6.07, 6.45) is 1.19. The largest absolute Gasteiger partial charge is 0.462 e. The topological polar surface area (TPSA) is 119 Å². The molecule has 0 aliphatic carbocycles. The zero-order chi connectivity index (χ0) is 21.5. The number of ether oxygens (including phenoxy) is 1. The van der Waals surface area contributed by atoms with Crippen molar-refractivity contribution < 1.29 is 18.8 Å². The van der Waals surface area contributed by atoms with Crippen LogP contribution in [0.4, 0.5) is 27.4 Å². The van der Waals surface area contributed by atoms with Gasteiger partial charge in [0.1, 0.15) is 12.1 Å². The van der Waals surface area contributed by atoms with Gasteiger partial charge in [0, 0.05) is 12.2 Å². The molecule has 0 amide bonds. The average Bonchev–Trinajstić information content (AvgIpc) is 2.74. The van der Waals surface area contributed by atoms with E-state index >= 15 is 0 Å². The van der Waals surface area contributed by atoms with Crippen molar-refractivity contribution in [2.24, 2.45) is 0 Å². The van der Waals surface area contributed by atoms with Crippen LogP contribution in [0.15, 0.2) is 54.9 Å². The van der Waals surface area contributed by atoms with Crippen LogP contribution in [0, 0.1) is 15.9 Å². The lowest BCUT2D eigenvalue weighted by Crippen LogP contribution is -2.08. The number of aromatic nitrogens is 2. The second-order valence-electron chi connectivity index (χ2n) is 6.08. The molecular formula is C20H18FN5O4. The van der Waals surface area contributed by atoms with E-state index in [-0.39, 0.29) is 36.3 Å². The first-order valence-corrected chi connectivity index (χ1v) is 9.00. The molecule has 1 aromatic heterocycles. The molecule has 0 unspecified atom stereocenters. The van der Waals surface area contributed by atoms with Crippen LogP contribution < -0.4 is 10.6 Å². The van der Waals surface area contributed by atoms with Crippen LogP contribution in [0.5, 0.6) is 0 Å². The number of hydrogen-bond donors (Lipinski definition) is 2. The first kappa shape index (κ1) is 20.6.